The summed E-state index contributed by atoms with van der Waals surface area (Å²) in [6, 6.07) is 17.9. The second-order valence-electron chi connectivity index (χ2n) is 12.5. The van der Waals surface area contributed by atoms with Crippen molar-refractivity contribution in [1.82, 2.24) is 19.7 Å². The zero-order valence-corrected chi connectivity index (χ0v) is 25.9. The van der Waals surface area contributed by atoms with Gasteiger partial charge >= 0.3 is 5.63 Å². The maximum atomic E-state index is 14.4. The van der Waals surface area contributed by atoms with Crippen LogP contribution in [0.25, 0.3) is 44.2 Å². The van der Waals surface area contributed by atoms with Gasteiger partial charge in [0, 0.05) is 28.1 Å². The summed E-state index contributed by atoms with van der Waals surface area (Å²) in [6.45, 7) is 9.83. The third-order valence-electron chi connectivity index (χ3n) is 8.99. The number of phenols is 1. The standard InChI is InChI=1S/C35H32FN5O5/c1-18(41-31-27(30(37)38-17-39-31)28(40-41)21-14-22(36)16-23(42)15-21)29-26(24-11-6-7-12-25(24)32(43)44-29)19-9-8-10-20(13-19)33-45-34(2,3)35(4,5)46-33/h6-18,33,42H,1-5H3,(H2,37,38,39). The summed E-state index contributed by atoms with van der Waals surface area (Å²) in [5.41, 5.74) is 7.88. The van der Waals surface area contributed by atoms with Crippen molar-refractivity contribution in [3.05, 3.63) is 101 Å². The monoisotopic (exact) mass is 621 g/mol. The third kappa shape index (κ3) is 4.70. The van der Waals surface area contributed by atoms with Gasteiger partial charge in [-0.3, -0.25) is 0 Å². The Morgan fingerprint density at radius 2 is 1.65 bits per heavy atom. The number of rotatable bonds is 5. The van der Waals surface area contributed by atoms with Gasteiger partial charge in [0.2, 0.25) is 0 Å². The number of nitrogen functional groups attached to an aromatic ring is 1. The van der Waals surface area contributed by atoms with E-state index in [0.717, 1.165) is 17.2 Å². The number of fused-ring (bicyclic) bond motifs is 2. The molecule has 0 spiro atoms. The Bertz CT molecular complexity index is 2190. The summed E-state index contributed by atoms with van der Waals surface area (Å²) >= 11 is 0. The van der Waals surface area contributed by atoms with Crippen LogP contribution in [-0.2, 0) is 9.47 Å². The first-order valence-corrected chi connectivity index (χ1v) is 14.8. The molecule has 234 valence electrons. The van der Waals surface area contributed by atoms with E-state index in [4.69, 9.17) is 24.7 Å². The maximum absolute atomic E-state index is 14.4. The van der Waals surface area contributed by atoms with Crippen LogP contribution in [0.3, 0.4) is 0 Å². The first kappa shape index (κ1) is 29.6. The van der Waals surface area contributed by atoms with Gasteiger partial charge in [0.25, 0.3) is 0 Å². The number of hydrogen-bond acceptors (Lipinski definition) is 9. The number of benzene rings is 3. The highest BCUT2D eigenvalue weighted by Crippen LogP contribution is 2.46. The minimum absolute atomic E-state index is 0.123. The summed E-state index contributed by atoms with van der Waals surface area (Å²) in [7, 11) is 0. The van der Waals surface area contributed by atoms with E-state index in [1.165, 1.54) is 18.5 Å². The van der Waals surface area contributed by atoms with E-state index in [2.05, 4.69) is 9.97 Å². The van der Waals surface area contributed by atoms with E-state index < -0.39 is 35.0 Å². The molecule has 7 rings (SSSR count). The second-order valence-corrected chi connectivity index (χ2v) is 12.5. The van der Waals surface area contributed by atoms with Crippen LogP contribution in [0.15, 0.2) is 82.3 Å². The van der Waals surface area contributed by atoms with Crippen LogP contribution in [0.5, 0.6) is 5.75 Å². The number of phenolic OH excluding ortho intramolecular Hbond substituents is 1. The van der Waals surface area contributed by atoms with Crippen LogP contribution in [0, 0.1) is 5.82 Å². The molecular weight excluding hydrogens is 589 g/mol. The first-order valence-electron chi connectivity index (χ1n) is 14.8. The lowest BCUT2D eigenvalue weighted by Crippen LogP contribution is -2.41. The Morgan fingerprint density at radius 1 is 0.935 bits per heavy atom. The largest absolute Gasteiger partial charge is 0.508 e. The highest BCUT2D eigenvalue weighted by molar-refractivity contribution is 5.99. The Morgan fingerprint density at radius 3 is 2.37 bits per heavy atom. The number of halogens is 1. The molecule has 3 aromatic carbocycles. The summed E-state index contributed by atoms with van der Waals surface area (Å²) in [5, 5.41) is 16.4. The molecule has 1 saturated heterocycles. The molecule has 1 fully saturated rings. The molecule has 0 aliphatic carbocycles. The smallest absolute Gasteiger partial charge is 0.343 e. The number of hydrogen-bond donors (Lipinski definition) is 2. The van der Waals surface area contributed by atoms with Crippen molar-refractivity contribution in [1.29, 1.82) is 0 Å². The summed E-state index contributed by atoms with van der Waals surface area (Å²) in [4.78, 5) is 22.0. The molecule has 0 radical (unpaired) electrons. The number of aromatic nitrogens is 4. The highest BCUT2D eigenvalue weighted by Gasteiger charge is 2.49. The fourth-order valence-electron chi connectivity index (χ4n) is 5.92. The van der Waals surface area contributed by atoms with Crippen LogP contribution in [0.2, 0.25) is 0 Å². The molecule has 1 aliphatic heterocycles. The average molecular weight is 622 g/mol. The SMILES string of the molecule is CC(c1oc(=O)c2ccccc2c1-c1cccc(C2OC(C)(C)C(C)(C)O2)c1)n1nc(-c2cc(O)cc(F)c2)c2c(N)ncnc21. The van der Waals surface area contributed by atoms with Gasteiger partial charge in [-0.1, -0.05) is 36.4 Å². The molecule has 11 heteroatoms. The molecule has 1 unspecified atom stereocenters. The van der Waals surface area contributed by atoms with Gasteiger partial charge in [-0.05, 0) is 64.4 Å². The molecule has 1 atom stereocenters. The van der Waals surface area contributed by atoms with E-state index in [1.54, 1.807) is 16.8 Å². The Labute approximate surface area is 263 Å². The molecule has 4 heterocycles. The average Bonchev–Trinajstić information content (AvgIpc) is 3.50. The third-order valence-corrected chi connectivity index (χ3v) is 8.99. The van der Waals surface area contributed by atoms with E-state index in [1.807, 2.05) is 71.0 Å². The van der Waals surface area contributed by atoms with Crippen LogP contribution < -0.4 is 11.4 Å². The van der Waals surface area contributed by atoms with Crippen LogP contribution in [0.1, 0.15) is 58.3 Å². The van der Waals surface area contributed by atoms with Crippen molar-refractivity contribution in [2.45, 2.75) is 58.2 Å². The first-order chi connectivity index (χ1) is 21.8. The van der Waals surface area contributed by atoms with E-state index in [-0.39, 0.29) is 22.8 Å². The topological polar surface area (TPSA) is 139 Å². The van der Waals surface area contributed by atoms with Gasteiger partial charge in [0.1, 0.15) is 41.2 Å². The highest BCUT2D eigenvalue weighted by atomic mass is 19.1. The summed E-state index contributed by atoms with van der Waals surface area (Å²) < 4.78 is 34.7. The second kappa shape index (κ2) is 10.5. The van der Waals surface area contributed by atoms with Gasteiger partial charge in [-0.25, -0.2) is 23.8 Å². The van der Waals surface area contributed by atoms with Crippen LogP contribution in [-0.4, -0.2) is 36.1 Å². The lowest BCUT2D eigenvalue weighted by molar-refractivity contribution is -0.0895. The fraction of sp³-hybridized carbons (Fsp3) is 0.257. The van der Waals surface area contributed by atoms with Crippen LogP contribution in [0.4, 0.5) is 10.2 Å². The minimum atomic E-state index is -0.708. The Balaban J connectivity index is 1.44. The Kier molecular flexibility index (Phi) is 6.73. The lowest BCUT2D eigenvalue weighted by atomic mass is 9.90. The molecule has 0 saturated carbocycles. The van der Waals surface area contributed by atoms with Crippen molar-refractivity contribution in [2.75, 3.05) is 5.73 Å². The molecular formula is C35H32FN5O5. The van der Waals surface area contributed by atoms with Gasteiger partial charge in [0.15, 0.2) is 11.9 Å². The number of aromatic hydroxyl groups is 1. The number of ether oxygens (including phenoxy) is 2. The molecule has 3 N–H and O–H groups in total. The quantitative estimate of drug-likeness (QED) is 0.210. The van der Waals surface area contributed by atoms with E-state index >= 15 is 0 Å². The predicted molar refractivity (Wildman–Crippen MR) is 172 cm³/mol. The van der Waals surface area contributed by atoms with E-state index in [9.17, 15) is 14.3 Å². The predicted octanol–water partition coefficient (Wildman–Crippen LogP) is 6.91. The van der Waals surface area contributed by atoms with Gasteiger partial charge in [-0.2, -0.15) is 5.10 Å². The zero-order valence-electron chi connectivity index (χ0n) is 25.9. The van der Waals surface area contributed by atoms with Crippen molar-refractivity contribution in [3.63, 3.8) is 0 Å². The van der Waals surface area contributed by atoms with E-state index in [0.29, 0.717) is 33.1 Å². The normalized spacial score (nSPS) is 16.7. The fourth-order valence-corrected chi connectivity index (χ4v) is 5.92. The number of nitrogens with zero attached hydrogens (tertiary/aromatic N) is 4. The molecule has 6 aromatic rings. The molecule has 0 amide bonds. The van der Waals surface area contributed by atoms with Crippen LogP contribution >= 0.6 is 0 Å². The summed E-state index contributed by atoms with van der Waals surface area (Å²) in [5.74, 6) is -0.473. The molecule has 0 bridgehead atoms. The van der Waals surface area contributed by atoms with Gasteiger partial charge < -0.3 is 24.7 Å². The number of anilines is 1. The Hall–Kier alpha value is -5.13. The van der Waals surface area contributed by atoms with Crippen molar-refractivity contribution < 1.29 is 23.4 Å². The minimum Gasteiger partial charge on any atom is -0.508 e. The molecule has 46 heavy (non-hydrogen) atoms. The number of nitrogens with two attached hydrogens (primary N) is 1. The zero-order chi connectivity index (χ0) is 32.5. The van der Waals surface area contributed by atoms with Crippen molar-refractivity contribution in [2.24, 2.45) is 0 Å². The molecule has 10 nitrogen and oxygen atoms in total. The molecule has 3 aromatic heterocycles. The summed E-state index contributed by atoms with van der Waals surface area (Å²) in [6.07, 6.45) is 0.703. The van der Waals surface area contributed by atoms with Crippen molar-refractivity contribution in [3.8, 4) is 28.1 Å². The van der Waals surface area contributed by atoms with Crippen molar-refractivity contribution >= 4 is 27.6 Å². The molecule has 1 aliphatic rings. The maximum Gasteiger partial charge on any atom is 0.343 e. The van der Waals surface area contributed by atoms with Gasteiger partial charge in [0.05, 0.1) is 22.0 Å². The lowest BCUT2D eigenvalue weighted by Gasteiger charge is -2.30. The van der Waals surface area contributed by atoms with Gasteiger partial charge in [-0.15, -0.1) is 0 Å².